The summed E-state index contributed by atoms with van der Waals surface area (Å²) in [5.41, 5.74) is 11.0. The van der Waals surface area contributed by atoms with Crippen LogP contribution in [0, 0.1) is 70.8 Å². The number of hydrogen-bond acceptors (Lipinski definition) is 5. The highest BCUT2D eigenvalue weighted by molar-refractivity contribution is 7.33. The number of aryl methyl sites for hydroxylation is 4. The summed E-state index contributed by atoms with van der Waals surface area (Å²) in [4.78, 5) is 6.24. The van der Waals surface area contributed by atoms with Crippen molar-refractivity contribution in [3.63, 3.8) is 0 Å². The molecule has 0 saturated heterocycles. The van der Waals surface area contributed by atoms with E-state index < -0.39 is 0 Å². The van der Waals surface area contributed by atoms with Crippen molar-refractivity contribution >= 4 is 64.8 Å². The number of allylic oxidation sites excluding steroid dienone is 2. The molecule has 5 aromatic rings. The molecule has 4 nitrogen and oxygen atoms in total. The summed E-state index contributed by atoms with van der Waals surface area (Å²) < 4.78 is 3.27. The summed E-state index contributed by atoms with van der Waals surface area (Å²) in [6.45, 7) is 20.3. The van der Waals surface area contributed by atoms with Crippen molar-refractivity contribution in [2.75, 3.05) is 4.90 Å². The average Bonchev–Trinajstić information content (AvgIpc) is 3.46. The Bertz CT molecular complexity index is 1850. The van der Waals surface area contributed by atoms with E-state index in [-0.39, 0.29) is 11.3 Å². The van der Waals surface area contributed by atoms with Crippen molar-refractivity contribution in [1.82, 2.24) is 0 Å². The van der Waals surface area contributed by atoms with Gasteiger partial charge in [0.25, 0.3) is 5.70 Å². The van der Waals surface area contributed by atoms with Gasteiger partial charge in [-0.15, -0.1) is 22.7 Å². The lowest BCUT2D eigenvalue weighted by atomic mass is 10.00. The van der Waals surface area contributed by atoms with Crippen LogP contribution in [0.25, 0.3) is 29.9 Å². The molecule has 0 radical (unpaired) electrons. The molecule has 0 amide bonds. The van der Waals surface area contributed by atoms with Gasteiger partial charge in [0.05, 0.1) is 29.0 Å². The first-order chi connectivity index (χ1) is 18.7. The minimum atomic E-state index is -0.166. The predicted molar refractivity (Wildman–Crippen MR) is 165 cm³/mol. The Hall–Kier alpha value is -4.41. The zero-order valence-corrected chi connectivity index (χ0v) is 24.4. The Balaban J connectivity index is 1.70. The van der Waals surface area contributed by atoms with Gasteiger partial charge in [0, 0.05) is 36.7 Å². The molecule has 0 N–H and O–H groups in total. The fourth-order valence-corrected chi connectivity index (χ4v) is 7.45. The molecule has 3 aromatic carbocycles. The maximum Gasteiger partial charge on any atom is 0.280 e. The zero-order valence-electron chi connectivity index (χ0n) is 22.7. The molecule has 0 saturated carbocycles. The van der Waals surface area contributed by atoms with E-state index in [1.54, 1.807) is 11.3 Å². The first-order valence-electron chi connectivity index (χ1n) is 12.5. The molecular formula is C33H26N4S2. The summed E-state index contributed by atoms with van der Waals surface area (Å²) in [5.74, 6) is 0. The molecule has 39 heavy (non-hydrogen) atoms. The van der Waals surface area contributed by atoms with Crippen LogP contribution in [0.1, 0.15) is 38.3 Å². The van der Waals surface area contributed by atoms with Gasteiger partial charge in [0.2, 0.25) is 0 Å². The number of thiophene rings is 2. The molecule has 0 fully saturated rings. The number of anilines is 3. The Morgan fingerprint density at radius 3 is 1.77 bits per heavy atom. The number of nitriles is 2. The summed E-state index contributed by atoms with van der Waals surface area (Å²) in [6.07, 6.45) is 0. The third kappa shape index (κ3) is 4.47. The standard InChI is InChI=1S/C33H26N4S2/c1-18-10-25(11-19(2)22(18)5)37(26-12-20(3)23(6)21(4)13-26)24-8-9-27-30(14-24)38-32-15-31(39-33(27)32)28(16-34)29(17-35)36-7/h8-15H,1-6H3/b29-28-. The highest BCUT2D eigenvalue weighted by Crippen LogP contribution is 2.45. The minimum absolute atomic E-state index is 0.145. The van der Waals surface area contributed by atoms with Gasteiger partial charge in [-0.1, -0.05) is 6.07 Å². The van der Waals surface area contributed by atoms with Crippen LogP contribution in [0.3, 0.4) is 0 Å². The molecule has 6 heteroatoms. The molecule has 0 bridgehead atoms. The van der Waals surface area contributed by atoms with Crippen molar-refractivity contribution in [2.45, 2.75) is 41.5 Å². The number of benzene rings is 3. The molecule has 2 aromatic heterocycles. The minimum Gasteiger partial charge on any atom is -0.310 e. The monoisotopic (exact) mass is 542 g/mol. The lowest BCUT2D eigenvalue weighted by Gasteiger charge is -2.28. The molecule has 0 unspecified atom stereocenters. The first-order valence-corrected chi connectivity index (χ1v) is 14.1. The second-order valence-electron chi connectivity index (χ2n) is 9.89. The van der Waals surface area contributed by atoms with Gasteiger partial charge in [0.15, 0.2) is 0 Å². The van der Waals surface area contributed by atoms with Crippen molar-refractivity contribution < 1.29 is 0 Å². The summed E-state index contributed by atoms with van der Waals surface area (Å²) in [6, 6.07) is 21.4. The Morgan fingerprint density at radius 1 is 0.718 bits per heavy atom. The summed E-state index contributed by atoms with van der Waals surface area (Å²) in [7, 11) is 0. The average molecular weight is 543 g/mol. The summed E-state index contributed by atoms with van der Waals surface area (Å²) >= 11 is 3.13. The molecule has 5 rings (SSSR count). The normalized spacial score (nSPS) is 11.7. The summed E-state index contributed by atoms with van der Waals surface area (Å²) in [5, 5.41) is 20.0. The Labute approximate surface area is 237 Å². The molecule has 2 heterocycles. The van der Waals surface area contributed by atoms with Crippen LogP contribution in [0.5, 0.6) is 0 Å². The van der Waals surface area contributed by atoms with Gasteiger partial charge in [-0.3, -0.25) is 0 Å². The third-order valence-corrected chi connectivity index (χ3v) is 9.95. The van der Waals surface area contributed by atoms with E-state index in [4.69, 9.17) is 6.57 Å². The lowest BCUT2D eigenvalue weighted by molar-refractivity contribution is 1.19. The second kappa shape index (κ2) is 10.0. The van der Waals surface area contributed by atoms with E-state index in [0.29, 0.717) is 4.88 Å². The Morgan fingerprint density at radius 2 is 1.28 bits per heavy atom. The number of hydrogen-bond donors (Lipinski definition) is 0. The van der Waals surface area contributed by atoms with Gasteiger partial charge in [-0.25, -0.2) is 10.1 Å². The number of rotatable bonds is 4. The topological polar surface area (TPSA) is 55.2 Å². The van der Waals surface area contributed by atoms with Crippen molar-refractivity contribution in [2.24, 2.45) is 0 Å². The molecule has 0 spiro atoms. The fraction of sp³-hybridized carbons (Fsp3) is 0.182. The maximum atomic E-state index is 9.62. The highest BCUT2D eigenvalue weighted by Gasteiger charge is 2.19. The smallest absolute Gasteiger partial charge is 0.280 e. The van der Waals surface area contributed by atoms with E-state index >= 15 is 0 Å². The van der Waals surface area contributed by atoms with Crippen LogP contribution in [-0.2, 0) is 0 Å². The van der Waals surface area contributed by atoms with E-state index in [2.05, 4.69) is 99.8 Å². The van der Waals surface area contributed by atoms with Gasteiger partial charge < -0.3 is 4.90 Å². The zero-order chi connectivity index (χ0) is 28.0. The first kappa shape index (κ1) is 26.2. The van der Waals surface area contributed by atoms with Crippen molar-refractivity contribution in [3.8, 4) is 12.1 Å². The fourth-order valence-electron chi connectivity index (χ4n) is 4.89. The maximum absolute atomic E-state index is 9.62. The lowest BCUT2D eigenvalue weighted by Crippen LogP contribution is -2.11. The van der Waals surface area contributed by atoms with Crippen LogP contribution in [0.4, 0.5) is 17.1 Å². The molecular weight excluding hydrogens is 517 g/mol. The Kier molecular flexibility index (Phi) is 6.75. The van der Waals surface area contributed by atoms with E-state index in [1.165, 1.54) is 44.7 Å². The van der Waals surface area contributed by atoms with Gasteiger partial charge >= 0.3 is 0 Å². The van der Waals surface area contributed by atoms with E-state index in [1.807, 2.05) is 12.1 Å². The quantitative estimate of drug-likeness (QED) is 0.168. The van der Waals surface area contributed by atoms with Crippen molar-refractivity contribution in [3.05, 3.63) is 104 Å². The highest BCUT2D eigenvalue weighted by atomic mass is 32.1. The van der Waals surface area contributed by atoms with Crippen LogP contribution in [-0.4, -0.2) is 0 Å². The second-order valence-corrected chi connectivity index (χ2v) is 12.0. The van der Waals surface area contributed by atoms with Crippen LogP contribution < -0.4 is 4.90 Å². The third-order valence-electron chi connectivity index (χ3n) is 7.54. The van der Waals surface area contributed by atoms with E-state index in [9.17, 15) is 10.5 Å². The van der Waals surface area contributed by atoms with Crippen molar-refractivity contribution in [1.29, 1.82) is 10.5 Å². The van der Waals surface area contributed by atoms with Gasteiger partial charge in [-0.05, 0) is 117 Å². The molecule has 0 aliphatic carbocycles. The van der Waals surface area contributed by atoms with E-state index in [0.717, 1.165) is 36.5 Å². The SMILES string of the molecule is [C-]#[N+]/C(C#N)=C(/C#N)c1cc2sc3cc(N(c4cc(C)c(C)c(C)c4)c4cc(C)c(C)c(C)c4)ccc3c2s1. The largest absolute Gasteiger partial charge is 0.310 e. The van der Waals surface area contributed by atoms with Crippen LogP contribution in [0.15, 0.2) is 54.2 Å². The molecule has 0 aliphatic rings. The van der Waals surface area contributed by atoms with Crippen LogP contribution >= 0.6 is 22.7 Å². The number of fused-ring (bicyclic) bond motifs is 3. The van der Waals surface area contributed by atoms with Crippen LogP contribution in [0.2, 0.25) is 0 Å². The molecule has 0 aliphatic heterocycles. The van der Waals surface area contributed by atoms with Gasteiger partial charge in [0.1, 0.15) is 0 Å². The number of nitrogens with zero attached hydrogens (tertiary/aromatic N) is 4. The molecule has 0 atom stereocenters. The van der Waals surface area contributed by atoms with Gasteiger partial charge in [-0.2, -0.15) is 5.26 Å². The predicted octanol–water partition coefficient (Wildman–Crippen LogP) is 10.1. The molecule has 190 valence electrons.